The van der Waals surface area contributed by atoms with E-state index in [4.69, 9.17) is 16.6 Å². The number of aromatic nitrogens is 1. The first-order chi connectivity index (χ1) is 12.1. The molecule has 4 rings (SSSR count). The summed E-state index contributed by atoms with van der Waals surface area (Å²) in [6, 6.07) is 8.08. The van der Waals surface area contributed by atoms with Crippen molar-refractivity contribution in [3.05, 3.63) is 34.9 Å². The van der Waals surface area contributed by atoms with Gasteiger partial charge in [-0.25, -0.2) is 4.98 Å². The highest BCUT2D eigenvalue weighted by molar-refractivity contribution is 6.31. The van der Waals surface area contributed by atoms with Crippen LogP contribution < -0.4 is 4.90 Å². The summed E-state index contributed by atoms with van der Waals surface area (Å²) in [5.74, 6) is 1.89. The molecular formula is C20H24ClN3O. The zero-order valence-corrected chi connectivity index (χ0v) is 15.4. The third-order valence-corrected chi connectivity index (χ3v) is 5.69. The van der Waals surface area contributed by atoms with Crippen LogP contribution in [0.1, 0.15) is 31.2 Å². The number of benzene rings is 1. The lowest BCUT2D eigenvalue weighted by molar-refractivity contribution is -0.128. The van der Waals surface area contributed by atoms with E-state index in [1.54, 1.807) is 0 Å². The highest BCUT2D eigenvalue weighted by Crippen LogP contribution is 2.28. The van der Waals surface area contributed by atoms with Crippen molar-refractivity contribution in [2.24, 2.45) is 5.92 Å². The van der Waals surface area contributed by atoms with Crippen molar-refractivity contribution in [1.82, 2.24) is 9.88 Å². The van der Waals surface area contributed by atoms with Gasteiger partial charge in [-0.3, -0.25) is 4.79 Å². The summed E-state index contributed by atoms with van der Waals surface area (Å²) < 4.78 is 0. The number of nitrogens with zero attached hydrogens (tertiary/aromatic N) is 3. The van der Waals surface area contributed by atoms with E-state index in [0.717, 1.165) is 67.2 Å². The zero-order valence-electron chi connectivity index (χ0n) is 14.7. The molecule has 0 saturated carbocycles. The highest BCUT2D eigenvalue weighted by atomic mass is 35.5. The molecule has 1 amide bonds. The number of pyridine rings is 1. The van der Waals surface area contributed by atoms with E-state index in [-0.39, 0.29) is 0 Å². The fourth-order valence-electron chi connectivity index (χ4n) is 4.15. The van der Waals surface area contributed by atoms with Crippen molar-refractivity contribution in [3.63, 3.8) is 0 Å². The van der Waals surface area contributed by atoms with Crippen LogP contribution in [0.4, 0.5) is 5.82 Å². The van der Waals surface area contributed by atoms with Crippen LogP contribution in [0.15, 0.2) is 24.3 Å². The summed E-state index contributed by atoms with van der Waals surface area (Å²) in [6.45, 7) is 5.96. The van der Waals surface area contributed by atoms with Gasteiger partial charge < -0.3 is 9.80 Å². The SMILES string of the molecule is Cc1cc(N2CCC[C@@H](CN3CCCC3=O)C2)nc2cc(Cl)ccc12. The third kappa shape index (κ3) is 3.45. The smallest absolute Gasteiger partial charge is 0.222 e. The Balaban J connectivity index is 1.54. The molecule has 1 atom stereocenters. The summed E-state index contributed by atoms with van der Waals surface area (Å²) in [5.41, 5.74) is 2.19. The lowest BCUT2D eigenvalue weighted by atomic mass is 9.97. The fourth-order valence-corrected chi connectivity index (χ4v) is 4.32. The molecule has 2 aliphatic rings. The molecule has 3 heterocycles. The number of halogens is 1. The molecule has 2 saturated heterocycles. The van der Waals surface area contributed by atoms with E-state index < -0.39 is 0 Å². The maximum Gasteiger partial charge on any atom is 0.222 e. The van der Waals surface area contributed by atoms with Crippen LogP contribution in [0, 0.1) is 12.8 Å². The predicted octanol–water partition coefficient (Wildman–Crippen LogP) is 4.04. The van der Waals surface area contributed by atoms with Gasteiger partial charge in [0.2, 0.25) is 5.91 Å². The minimum absolute atomic E-state index is 0.325. The van der Waals surface area contributed by atoms with Crippen molar-refractivity contribution in [3.8, 4) is 0 Å². The van der Waals surface area contributed by atoms with Gasteiger partial charge in [-0.1, -0.05) is 17.7 Å². The van der Waals surface area contributed by atoms with E-state index in [1.165, 1.54) is 12.0 Å². The van der Waals surface area contributed by atoms with Crippen molar-refractivity contribution >= 4 is 34.2 Å². The van der Waals surface area contributed by atoms with E-state index >= 15 is 0 Å². The van der Waals surface area contributed by atoms with Crippen LogP contribution in [0.3, 0.4) is 0 Å². The molecule has 132 valence electrons. The number of piperidine rings is 1. The Labute approximate surface area is 153 Å². The van der Waals surface area contributed by atoms with Crippen LogP contribution in [0.25, 0.3) is 10.9 Å². The Morgan fingerprint density at radius 1 is 1.24 bits per heavy atom. The topological polar surface area (TPSA) is 36.4 Å². The quantitative estimate of drug-likeness (QED) is 0.832. The molecule has 0 spiro atoms. The van der Waals surface area contributed by atoms with Crippen LogP contribution in [0.5, 0.6) is 0 Å². The fraction of sp³-hybridized carbons (Fsp3) is 0.500. The molecule has 2 aromatic rings. The summed E-state index contributed by atoms with van der Waals surface area (Å²) >= 11 is 6.15. The lowest BCUT2D eigenvalue weighted by Crippen LogP contribution is -2.41. The standard InChI is InChI=1S/C20H24ClN3O/c1-14-10-19(22-18-11-16(21)6-7-17(14)18)23-8-2-4-15(12-23)13-24-9-3-5-20(24)25/h6-7,10-11,15H,2-5,8-9,12-13H2,1H3/t15-/m1/s1. The van der Waals surface area contributed by atoms with Gasteiger partial charge in [0.15, 0.2) is 0 Å². The van der Waals surface area contributed by atoms with Gasteiger partial charge in [0.25, 0.3) is 0 Å². The average molecular weight is 358 g/mol. The second-order valence-corrected chi connectivity index (χ2v) is 7.79. The van der Waals surface area contributed by atoms with Crippen molar-refractivity contribution in [2.45, 2.75) is 32.6 Å². The highest BCUT2D eigenvalue weighted by Gasteiger charge is 2.27. The molecule has 0 unspecified atom stereocenters. The van der Waals surface area contributed by atoms with Crippen molar-refractivity contribution in [2.75, 3.05) is 31.1 Å². The van der Waals surface area contributed by atoms with Gasteiger partial charge in [-0.15, -0.1) is 0 Å². The second kappa shape index (κ2) is 6.83. The van der Waals surface area contributed by atoms with Crippen LogP contribution in [-0.2, 0) is 4.79 Å². The molecule has 0 N–H and O–H groups in total. The number of aryl methyl sites for hydroxylation is 1. The number of fused-ring (bicyclic) bond motifs is 1. The lowest BCUT2D eigenvalue weighted by Gasteiger charge is -2.35. The number of hydrogen-bond donors (Lipinski definition) is 0. The van der Waals surface area contributed by atoms with Crippen LogP contribution in [-0.4, -0.2) is 42.0 Å². The van der Waals surface area contributed by atoms with Crippen molar-refractivity contribution < 1.29 is 4.79 Å². The molecule has 0 aliphatic carbocycles. The first-order valence-electron chi connectivity index (χ1n) is 9.20. The molecule has 4 nitrogen and oxygen atoms in total. The zero-order chi connectivity index (χ0) is 17.4. The Morgan fingerprint density at radius 2 is 2.12 bits per heavy atom. The number of amides is 1. The third-order valence-electron chi connectivity index (χ3n) is 5.46. The molecule has 1 aromatic heterocycles. The molecule has 2 fully saturated rings. The molecule has 0 radical (unpaired) electrons. The number of rotatable bonds is 3. The summed E-state index contributed by atoms with van der Waals surface area (Å²) in [7, 11) is 0. The van der Waals surface area contributed by atoms with Crippen LogP contribution >= 0.6 is 11.6 Å². The minimum Gasteiger partial charge on any atom is -0.356 e. The number of carbonyl (C=O) groups is 1. The first-order valence-corrected chi connectivity index (χ1v) is 9.57. The summed E-state index contributed by atoms with van der Waals surface area (Å²) in [6.07, 6.45) is 4.09. The number of hydrogen-bond acceptors (Lipinski definition) is 3. The molecular weight excluding hydrogens is 334 g/mol. The van der Waals surface area contributed by atoms with Gasteiger partial charge in [-0.05, 0) is 55.9 Å². The van der Waals surface area contributed by atoms with Gasteiger partial charge >= 0.3 is 0 Å². The van der Waals surface area contributed by atoms with Crippen molar-refractivity contribution in [1.29, 1.82) is 0 Å². The minimum atomic E-state index is 0.325. The molecule has 0 bridgehead atoms. The monoisotopic (exact) mass is 357 g/mol. The predicted molar refractivity (Wildman–Crippen MR) is 102 cm³/mol. The maximum atomic E-state index is 11.9. The average Bonchev–Trinajstić information content (AvgIpc) is 2.99. The van der Waals surface area contributed by atoms with Gasteiger partial charge in [0.1, 0.15) is 5.82 Å². The summed E-state index contributed by atoms with van der Waals surface area (Å²) in [4.78, 5) is 21.2. The Hall–Kier alpha value is -1.81. The maximum absolute atomic E-state index is 11.9. The molecule has 25 heavy (non-hydrogen) atoms. The normalized spacial score (nSPS) is 21.4. The van der Waals surface area contributed by atoms with Crippen LogP contribution in [0.2, 0.25) is 5.02 Å². The van der Waals surface area contributed by atoms with Gasteiger partial charge in [-0.2, -0.15) is 0 Å². The Kier molecular flexibility index (Phi) is 4.55. The van der Waals surface area contributed by atoms with Gasteiger partial charge in [0, 0.05) is 43.0 Å². The Bertz CT molecular complexity index is 807. The van der Waals surface area contributed by atoms with E-state index in [9.17, 15) is 4.79 Å². The molecule has 5 heteroatoms. The number of anilines is 1. The van der Waals surface area contributed by atoms with E-state index in [1.807, 2.05) is 23.1 Å². The molecule has 2 aliphatic heterocycles. The Morgan fingerprint density at radius 3 is 2.92 bits per heavy atom. The molecule has 1 aromatic carbocycles. The summed E-state index contributed by atoms with van der Waals surface area (Å²) in [5, 5.41) is 1.88. The first kappa shape index (κ1) is 16.6. The van der Waals surface area contributed by atoms with E-state index in [2.05, 4.69) is 17.9 Å². The second-order valence-electron chi connectivity index (χ2n) is 7.36. The van der Waals surface area contributed by atoms with E-state index in [0.29, 0.717) is 11.8 Å². The van der Waals surface area contributed by atoms with Gasteiger partial charge in [0.05, 0.1) is 5.52 Å². The largest absolute Gasteiger partial charge is 0.356 e. The number of carbonyl (C=O) groups excluding carboxylic acids is 1. The number of likely N-dealkylation sites (tertiary alicyclic amines) is 1.